The molecule has 1 fully saturated rings. The lowest BCUT2D eigenvalue weighted by atomic mass is 9.46. The van der Waals surface area contributed by atoms with Gasteiger partial charge in [-0.25, -0.2) is 9.69 Å². The quantitative estimate of drug-likeness (QED) is 0.430. The molecule has 1 aliphatic heterocycles. The van der Waals surface area contributed by atoms with E-state index < -0.39 is 35.0 Å². The van der Waals surface area contributed by atoms with Crippen LogP contribution in [-0.2, 0) is 24.5 Å². The molecule has 0 N–H and O–H groups in total. The smallest absolute Gasteiger partial charge is 0.340 e. The fourth-order valence-corrected chi connectivity index (χ4v) is 6.66. The number of para-hydroxylation sites is 1. The maximum absolute atomic E-state index is 14.2. The first-order valence-corrected chi connectivity index (χ1v) is 11.8. The Hall–Kier alpha value is -4.06. The number of ether oxygens (including phenoxy) is 1. The van der Waals surface area contributed by atoms with Crippen LogP contribution in [0.5, 0.6) is 0 Å². The standard InChI is InChI=1S/C29H23NO5/c1-3-35-28(34)19-12-6-9-15-22(19)30-26(32)24-23-17-10-4-7-13-20(17)29(16(2)31,25(24)27(30)33)21-14-8-5-11-18(21)23/h4-15,23-25H,3H2,1-2H3/t23?,24-,25-,29?/m1/s1. The van der Waals surface area contributed by atoms with Crippen molar-refractivity contribution < 1.29 is 23.9 Å². The van der Waals surface area contributed by atoms with E-state index in [1.165, 1.54) is 6.92 Å². The molecule has 3 aromatic rings. The molecule has 0 spiro atoms. The Morgan fingerprint density at radius 1 is 0.857 bits per heavy atom. The lowest BCUT2D eigenvalue weighted by Gasteiger charge is -2.52. The first-order chi connectivity index (χ1) is 16.9. The van der Waals surface area contributed by atoms with E-state index in [2.05, 4.69) is 0 Å². The molecule has 3 aromatic carbocycles. The minimum Gasteiger partial charge on any atom is -0.462 e. The Labute approximate surface area is 202 Å². The number of carbonyl (C=O) groups is 4. The van der Waals surface area contributed by atoms with Gasteiger partial charge in [-0.15, -0.1) is 0 Å². The summed E-state index contributed by atoms with van der Waals surface area (Å²) in [5, 5.41) is 0. The Balaban J connectivity index is 1.62. The number of benzene rings is 3. The van der Waals surface area contributed by atoms with Crippen LogP contribution >= 0.6 is 0 Å². The van der Waals surface area contributed by atoms with Crippen molar-refractivity contribution >= 4 is 29.3 Å². The number of hydrogen-bond donors (Lipinski definition) is 0. The van der Waals surface area contributed by atoms with Gasteiger partial charge in [-0.3, -0.25) is 14.4 Å². The van der Waals surface area contributed by atoms with E-state index >= 15 is 0 Å². The number of ketones is 1. The van der Waals surface area contributed by atoms with Crippen molar-refractivity contribution in [1.29, 1.82) is 0 Å². The maximum atomic E-state index is 14.2. The maximum Gasteiger partial charge on any atom is 0.340 e. The fourth-order valence-electron chi connectivity index (χ4n) is 6.66. The summed E-state index contributed by atoms with van der Waals surface area (Å²) in [5.41, 5.74) is 2.47. The van der Waals surface area contributed by atoms with Crippen LogP contribution in [0.15, 0.2) is 72.8 Å². The molecule has 174 valence electrons. The van der Waals surface area contributed by atoms with Crippen LogP contribution in [0.4, 0.5) is 5.69 Å². The van der Waals surface area contributed by atoms with Gasteiger partial charge in [0.15, 0.2) is 0 Å². The molecule has 35 heavy (non-hydrogen) atoms. The largest absolute Gasteiger partial charge is 0.462 e. The molecule has 2 bridgehead atoms. The van der Waals surface area contributed by atoms with Crippen molar-refractivity contribution in [3.05, 3.63) is 101 Å². The zero-order valence-corrected chi connectivity index (χ0v) is 19.4. The fraction of sp³-hybridized carbons (Fsp3) is 0.241. The van der Waals surface area contributed by atoms with Crippen molar-refractivity contribution in [1.82, 2.24) is 0 Å². The lowest BCUT2D eigenvalue weighted by Crippen LogP contribution is -2.57. The molecular weight excluding hydrogens is 442 g/mol. The highest BCUT2D eigenvalue weighted by atomic mass is 16.5. The van der Waals surface area contributed by atoms with Gasteiger partial charge in [-0.2, -0.15) is 0 Å². The number of anilines is 1. The number of amides is 2. The van der Waals surface area contributed by atoms with E-state index in [4.69, 9.17) is 4.74 Å². The zero-order chi connectivity index (χ0) is 24.5. The number of rotatable bonds is 4. The predicted molar refractivity (Wildman–Crippen MR) is 128 cm³/mol. The van der Waals surface area contributed by atoms with Crippen molar-refractivity contribution in [2.45, 2.75) is 25.2 Å². The highest BCUT2D eigenvalue weighted by molar-refractivity contribution is 6.27. The van der Waals surface area contributed by atoms with Crippen LogP contribution < -0.4 is 4.90 Å². The van der Waals surface area contributed by atoms with Gasteiger partial charge < -0.3 is 4.74 Å². The molecule has 0 unspecified atom stereocenters. The normalized spacial score (nSPS) is 25.7. The number of esters is 1. The molecule has 0 aromatic heterocycles. The summed E-state index contributed by atoms with van der Waals surface area (Å²) < 4.78 is 5.19. The van der Waals surface area contributed by atoms with Crippen molar-refractivity contribution in [3.63, 3.8) is 0 Å². The summed E-state index contributed by atoms with van der Waals surface area (Å²) in [6, 6.07) is 21.8. The summed E-state index contributed by atoms with van der Waals surface area (Å²) in [6.45, 7) is 3.37. The molecule has 3 aliphatic carbocycles. The van der Waals surface area contributed by atoms with Crippen LogP contribution in [0.2, 0.25) is 0 Å². The Bertz CT molecular complexity index is 1390. The van der Waals surface area contributed by atoms with E-state index in [9.17, 15) is 19.2 Å². The van der Waals surface area contributed by atoms with Crippen LogP contribution in [0.25, 0.3) is 0 Å². The third kappa shape index (κ3) is 2.54. The Kier molecular flexibility index (Phi) is 4.58. The van der Waals surface area contributed by atoms with Gasteiger partial charge in [0.1, 0.15) is 5.78 Å². The molecule has 7 rings (SSSR count). The minimum atomic E-state index is -1.27. The number of Topliss-reactive ketones (excluding diaryl/α,β-unsaturated/α-hetero) is 1. The van der Waals surface area contributed by atoms with Gasteiger partial charge in [0, 0.05) is 5.92 Å². The first-order valence-electron chi connectivity index (χ1n) is 11.8. The SMILES string of the molecule is CCOC(=O)c1ccccc1N1C(=O)[C@@H]2C3c4ccccc4C(C(C)=O)(c4ccccc43)[C@H]2C1=O. The molecule has 1 saturated heterocycles. The molecule has 1 heterocycles. The zero-order valence-electron chi connectivity index (χ0n) is 19.4. The number of carbonyl (C=O) groups excluding carboxylic acids is 4. The minimum absolute atomic E-state index is 0.147. The number of hydrogen-bond acceptors (Lipinski definition) is 5. The van der Waals surface area contributed by atoms with Gasteiger partial charge in [0.25, 0.3) is 0 Å². The molecule has 6 heteroatoms. The topological polar surface area (TPSA) is 80.8 Å². The Morgan fingerprint density at radius 2 is 1.43 bits per heavy atom. The average molecular weight is 466 g/mol. The second-order valence-corrected chi connectivity index (χ2v) is 9.27. The molecule has 4 aliphatic rings. The first kappa shape index (κ1) is 21.5. The van der Waals surface area contributed by atoms with E-state index in [0.717, 1.165) is 27.2 Å². The van der Waals surface area contributed by atoms with Crippen molar-refractivity contribution in [2.75, 3.05) is 11.5 Å². The molecule has 0 radical (unpaired) electrons. The summed E-state index contributed by atoms with van der Waals surface area (Å²) in [7, 11) is 0. The third-order valence-electron chi connectivity index (χ3n) is 7.81. The van der Waals surface area contributed by atoms with E-state index in [1.807, 2.05) is 48.5 Å². The number of imide groups is 1. The van der Waals surface area contributed by atoms with Crippen LogP contribution in [0, 0.1) is 11.8 Å². The van der Waals surface area contributed by atoms with Gasteiger partial charge >= 0.3 is 5.97 Å². The van der Waals surface area contributed by atoms with Crippen LogP contribution in [-0.4, -0.2) is 30.2 Å². The second-order valence-electron chi connectivity index (χ2n) is 9.27. The number of nitrogens with zero attached hydrogens (tertiary/aromatic N) is 1. The summed E-state index contributed by atoms with van der Waals surface area (Å²) in [6.07, 6.45) is 0. The molecule has 6 nitrogen and oxygen atoms in total. The van der Waals surface area contributed by atoms with Gasteiger partial charge in [0.2, 0.25) is 11.8 Å². The van der Waals surface area contributed by atoms with E-state index in [0.29, 0.717) is 0 Å². The summed E-state index contributed by atoms with van der Waals surface area (Å²) in [4.78, 5) is 55.8. The van der Waals surface area contributed by atoms with Crippen LogP contribution in [0.1, 0.15) is 52.4 Å². The Morgan fingerprint density at radius 3 is 2.03 bits per heavy atom. The van der Waals surface area contributed by atoms with Crippen molar-refractivity contribution in [2.24, 2.45) is 11.8 Å². The van der Waals surface area contributed by atoms with Crippen LogP contribution in [0.3, 0.4) is 0 Å². The third-order valence-corrected chi connectivity index (χ3v) is 7.81. The molecule has 0 saturated carbocycles. The van der Waals surface area contributed by atoms with E-state index in [-0.39, 0.29) is 29.6 Å². The predicted octanol–water partition coefficient (Wildman–Crippen LogP) is 4.00. The molecule has 2 atom stereocenters. The van der Waals surface area contributed by atoms with Gasteiger partial charge in [-0.05, 0) is 48.2 Å². The van der Waals surface area contributed by atoms with Gasteiger partial charge in [0.05, 0.1) is 35.1 Å². The summed E-state index contributed by atoms with van der Waals surface area (Å²) in [5.74, 6) is -3.62. The van der Waals surface area contributed by atoms with Crippen molar-refractivity contribution in [3.8, 4) is 0 Å². The monoisotopic (exact) mass is 465 g/mol. The highest BCUT2D eigenvalue weighted by Gasteiger charge is 2.70. The lowest BCUT2D eigenvalue weighted by molar-refractivity contribution is -0.132. The second kappa shape index (κ2) is 7.47. The molecule has 2 amide bonds. The highest BCUT2D eigenvalue weighted by Crippen LogP contribution is 2.64. The average Bonchev–Trinajstić information content (AvgIpc) is 3.14. The molecular formula is C29H23NO5. The van der Waals surface area contributed by atoms with E-state index in [1.54, 1.807) is 31.2 Å². The van der Waals surface area contributed by atoms with Gasteiger partial charge in [-0.1, -0.05) is 60.7 Å². The summed E-state index contributed by atoms with van der Waals surface area (Å²) >= 11 is 0.